The Hall–Kier alpha value is -1.69. The predicted octanol–water partition coefficient (Wildman–Crippen LogP) is 2.69. The van der Waals surface area contributed by atoms with Crippen molar-refractivity contribution in [3.8, 4) is 0 Å². The van der Waals surface area contributed by atoms with Crippen molar-refractivity contribution in [1.82, 2.24) is 10.3 Å². The van der Waals surface area contributed by atoms with Crippen molar-refractivity contribution in [2.75, 3.05) is 13.1 Å². The number of carbonyl (C=O) groups excluding carboxylic acids is 2. The lowest BCUT2D eigenvalue weighted by molar-refractivity contribution is -0.135. The highest BCUT2D eigenvalue weighted by Gasteiger charge is 2.18. The molecule has 0 saturated carbocycles. The SMILES string of the molecule is C/C(=N/NC(=O)CN1CCCCCC1=O)c1ccc(Br)cc1. The molecule has 0 aliphatic carbocycles. The molecule has 0 unspecified atom stereocenters. The minimum absolute atomic E-state index is 0.0567. The number of hydrogen-bond donors (Lipinski definition) is 1. The molecule has 22 heavy (non-hydrogen) atoms. The Labute approximate surface area is 138 Å². The molecule has 1 N–H and O–H groups in total. The fourth-order valence-corrected chi connectivity index (χ4v) is 2.58. The minimum atomic E-state index is -0.258. The number of nitrogens with zero attached hydrogens (tertiary/aromatic N) is 2. The number of hydrazone groups is 1. The molecular formula is C16H20BrN3O2. The second-order valence-corrected chi connectivity index (χ2v) is 6.28. The van der Waals surface area contributed by atoms with E-state index in [4.69, 9.17) is 0 Å². The summed E-state index contributed by atoms with van der Waals surface area (Å²) >= 11 is 3.38. The van der Waals surface area contributed by atoms with E-state index >= 15 is 0 Å². The molecule has 2 rings (SSSR count). The van der Waals surface area contributed by atoms with E-state index in [0.717, 1.165) is 35.0 Å². The third-order valence-corrected chi connectivity index (χ3v) is 4.14. The Morgan fingerprint density at radius 2 is 2.00 bits per heavy atom. The quantitative estimate of drug-likeness (QED) is 0.658. The van der Waals surface area contributed by atoms with E-state index in [9.17, 15) is 9.59 Å². The average molecular weight is 366 g/mol. The van der Waals surface area contributed by atoms with Crippen LogP contribution in [0.1, 0.15) is 38.2 Å². The third kappa shape index (κ3) is 4.94. The zero-order valence-corrected chi connectivity index (χ0v) is 14.2. The Kier molecular flexibility index (Phi) is 6.12. The first-order valence-electron chi connectivity index (χ1n) is 7.43. The van der Waals surface area contributed by atoms with Crippen molar-refractivity contribution in [3.05, 3.63) is 34.3 Å². The highest BCUT2D eigenvalue weighted by molar-refractivity contribution is 9.10. The first-order chi connectivity index (χ1) is 10.6. The molecule has 118 valence electrons. The number of amides is 2. The minimum Gasteiger partial charge on any atom is -0.333 e. The smallest absolute Gasteiger partial charge is 0.259 e. The molecule has 0 radical (unpaired) electrons. The number of rotatable bonds is 4. The number of benzene rings is 1. The summed E-state index contributed by atoms with van der Waals surface area (Å²) in [5.74, 6) is -0.201. The van der Waals surface area contributed by atoms with E-state index in [1.54, 1.807) is 4.90 Å². The van der Waals surface area contributed by atoms with Gasteiger partial charge < -0.3 is 4.90 Å². The van der Waals surface area contributed by atoms with E-state index in [-0.39, 0.29) is 18.4 Å². The lowest BCUT2D eigenvalue weighted by Gasteiger charge is -2.19. The van der Waals surface area contributed by atoms with Crippen LogP contribution in [0.5, 0.6) is 0 Å². The summed E-state index contributed by atoms with van der Waals surface area (Å²) in [7, 11) is 0. The highest BCUT2D eigenvalue weighted by atomic mass is 79.9. The summed E-state index contributed by atoms with van der Waals surface area (Å²) in [6.07, 6.45) is 3.46. The van der Waals surface area contributed by atoms with Gasteiger partial charge in [0.05, 0.1) is 5.71 Å². The van der Waals surface area contributed by atoms with Crippen LogP contribution >= 0.6 is 15.9 Å². The molecule has 1 fully saturated rings. The van der Waals surface area contributed by atoms with Gasteiger partial charge in [-0.05, 0) is 37.5 Å². The van der Waals surface area contributed by atoms with Gasteiger partial charge in [-0.1, -0.05) is 34.5 Å². The molecule has 0 atom stereocenters. The number of carbonyl (C=O) groups is 2. The van der Waals surface area contributed by atoms with Gasteiger partial charge in [-0.25, -0.2) is 5.43 Å². The lowest BCUT2D eigenvalue weighted by atomic mass is 10.1. The summed E-state index contributed by atoms with van der Waals surface area (Å²) in [4.78, 5) is 25.4. The summed E-state index contributed by atoms with van der Waals surface area (Å²) < 4.78 is 0.993. The van der Waals surface area contributed by atoms with Gasteiger partial charge in [0.2, 0.25) is 5.91 Å². The Morgan fingerprint density at radius 3 is 2.73 bits per heavy atom. The van der Waals surface area contributed by atoms with Crippen molar-refractivity contribution >= 4 is 33.5 Å². The molecule has 1 aromatic rings. The fraction of sp³-hybridized carbons (Fsp3) is 0.438. The maximum absolute atomic E-state index is 11.9. The maximum Gasteiger partial charge on any atom is 0.259 e. The van der Waals surface area contributed by atoms with E-state index in [1.807, 2.05) is 31.2 Å². The lowest BCUT2D eigenvalue weighted by Crippen LogP contribution is -2.39. The molecule has 2 amide bonds. The molecular weight excluding hydrogens is 346 g/mol. The topological polar surface area (TPSA) is 61.8 Å². The van der Waals surface area contributed by atoms with Crippen molar-refractivity contribution in [2.45, 2.75) is 32.6 Å². The monoisotopic (exact) mass is 365 g/mol. The average Bonchev–Trinajstić information content (AvgIpc) is 2.70. The standard InChI is InChI=1S/C16H20BrN3O2/c1-12(13-6-8-14(17)9-7-13)18-19-15(21)11-20-10-4-2-3-5-16(20)22/h6-9H,2-5,10-11H2,1H3,(H,19,21)/b18-12-. The normalized spacial score (nSPS) is 16.4. The molecule has 1 aliphatic rings. The van der Waals surface area contributed by atoms with Crippen LogP contribution in [0.2, 0.25) is 0 Å². The van der Waals surface area contributed by atoms with Crippen LogP contribution in [0.15, 0.2) is 33.8 Å². The maximum atomic E-state index is 11.9. The first kappa shape index (κ1) is 16.7. The number of nitrogens with one attached hydrogen (secondary N) is 1. The first-order valence-corrected chi connectivity index (χ1v) is 8.22. The van der Waals surface area contributed by atoms with Gasteiger partial charge in [-0.2, -0.15) is 5.10 Å². The third-order valence-electron chi connectivity index (χ3n) is 3.62. The van der Waals surface area contributed by atoms with Gasteiger partial charge in [0, 0.05) is 17.4 Å². The van der Waals surface area contributed by atoms with Crippen LogP contribution < -0.4 is 5.43 Å². The van der Waals surface area contributed by atoms with Gasteiger partial charge in [0.1, 0.15) is 6.54 Å². The molecule has 1 saturated heterocycles. The van der Waals surface area contributed by atoms with E-state index < -0.39 is 0 Å². The second kappa shape index (κ2) is 8.08. The van der Waals surface area contributed by atoms with Gasteiger partial charge in [-0.3, -0.25) is 9.59 Å². The van der Waals surface area contributed by atoms with Crippen molar-refractivity contribution in [2.24, 2.45) is 5.10 Å². The summed E-state index contributed by atoms with van der Waals surface area (Å²) in [6.45, 7) is 2.57. The molecule has 1 aliphatic heterocycles. The van der Waals surface area contributed by atoms with Crippen LogP contribution in [0.3, 0.4) is 0 Å². The van der Waals surface area contributed by atoms with Gasteiger partial charge in [0.25, 0.3) is 5.91 Å². The fourth-order valence-electron chi connectivity index (χ4n) is 2.32. The highest BCUT2D eigenvalue weighted by Crippen LogP contribution is 2.12. The predicted molar refractivity (Wildman–Crippen MR) is 89.5 cm³/mol. The van der Waals surface area contributed by atoms with Crippen LogP contribution in [0.25, 0.3) is 0 Å². The Balaban J connectivity index is 1.89. The summed E-state index contributed by atoms with van der Waals surface area (Å²) in [5.41, 5.74) is 4.19. The van der Waals surface area contributed by atoms with E-state index in [0.29, 0.717) is 13.0 Å². The number of hydrogen-bond acceptors (Lipinski definition) is 3. The number of likely N-dealkylation sites (tertiary alicyclic amines) is 1. The molecule has 1 heterocycles. The molecule has 0 bridgehead atoms. The molecule has 6 heteroatoms. The summed E-state index contributed by atoms with van der Waals surface area (Å²) in [5, 5.41) is 4.10. The Bertz CT molecular complexity index is 569. The largest absolute Gasteiger partial charge is 0.333 e. The van der Waals surface area contributed by atoms with E-state index in [2.05, 4.69) is 26.5 Å². The van der Waals surface area contributed by atoms with Crippen molar-refractivity contribution < 1.29 is 9.59 Å². The zero-order valence-electron chi connectivity index (χ0n) is 12.6. The van der Waals surface area contributed by atoms with Gasteiger partial charge in [-0.15, -0.1) is 0 Å². The summed E-state index contributed by atoms with van der Waals surface area (Å²) in [6, 6.07) is 7.69. The molecule has 1 aromatic carbocycles. The van der Waals surface area contributed by atoms with Crippen molar-refractivity contribution in [3.63, 3.8) is 0 Å². The van der Waals surface area contributed by atoms with E-state index in [1.165, 1.54) is 0 Å². The van der Waals surface area contributed by atoms with Gasteiger partial charge >= 0.3 is 0 Å². The van der Waals surface area contributed by atoms with Crippen LogP contribution in [-0.4, -0.2) is 35.5 Å². The van der Waals surface area contributed by atoms with Crippen molar-refractivity contribution in [1.29, 1.82) is 0 Å². The van der Waals surface area contributed by atoms with Crippen LogP contribution in [-0.2, 0) is 9.59 Å². The van der Waals surface area contributed by atoms with Gasteiger partial charge in [0.15, 0.2) is 0 Å². The Morgan fingerprint density at radius 1 is 1.27 bits per heavy atom. The second-order valence-electron chi connectivity index (χ2n) is 5.37. The van der Waals surface area contributed by atoms with Crippen LogP contribution in [0, 0.1) is 0 Å². The molecule has 5 nitrogen and oxygen atoms in total. The zero-order chi connectivity index (χ0) is 15.9. The van der Waals surface area contributed by atoms with Crippen LogP contribution in [0.4, 0.5) is 0 Å². The molecule has 0 aromatic heterocycles. The number of halogens is 1. The molecule has 0 spiro atoms.